The smallest absolute Gasteiger partial charge is 0.258 e. The van der Waals surface area contributed by atoms with E-state index >= 15 is 0 Å². The van der Waals surface area contributed by atoms with Crippen molar-refractivity contribution < 1.29 is 4.92 Å². The molecule has 0 unspecified atom stereocenters. The number of nitrogens with zero attached hydrogens (tertiary/aromatic N) is 1. The van der Waals surface area contributed by atoms with Gasteiger partial charge in [-0.2, -0.15) is 0 Å². The maximum absolute atomic E-state index is 11.3. The van der Waals surface area contributed by atoms with Crippen LogP contribution in [0.4, 0.5) is 0 Å². The first-order valence-electron chi connectivity index (χ1n) is 7.00. The standard InChI is InChI=1S/C18H17NO2S2/c1-14-8-10-15(11-9-14)12-16(19(20)21)13-18(22-2)23-17-6-4-3-5-7-17/h3-13H,1-2H3/b16-12+,18-13+. The number of thioether (sulfide) groups is 2. The molecule has 0 saturated heterocycles. The predicted molar refractivity (Wildman–Crippen MR) is 100 cm³/mol. The molecule has 2 rings (SSSR count). The van der Waals surface area contributed by atoms with E-state index in [0.29, 0.717) is 0 Å². The molecule has 0 amide bonds. The Labute approximate surface area is 144 Å². The summed E-state index contributed by atoms with van der Waals surface area (Å²) in [6, 6.07) is 17.5. The molecule has 0 aliphatic heterocycles. The summed E-state index contributed by atoms with van der Waals surface area (Å²) in [4.78, 5) is 12.1. The van der Waals surface area contributed by atoms with Crippen molar-refractivity contribution in [1.29, 1.82) is 0 Å². The molecule has 0 saturated carbocycles. The first kappa shape index (κ1) is 17.4. The molecule has 0 aliphatic rings. The highest BCUT2D eigenvalue weighted by Crippen LogP contribution is 2.34. The summed E-state index contributed by atoms with van der Waals surface area (Å²) in [5.74, 6) is 0. The molecule has 0 radical (unpaired) electrons. The van der Waals surface area contributed by atoms with Gasteiger partial charge in [-0.3, -0.25) is 10.1 Å². The van der Waals surface area contributed by atoms with Gasteiger partial charge >= 0.3 is 0 Å². The van der Waals surface area contributed by atoms with E-state index in [1.54, 1.807) is 12.2 Å². The number of nitro groups is 1. The van der Waals surface area contributed by atoms with Gasteiger partial charge < -0.3 is 0 Å². The van der Waals surface area contributed by atoms with Gasteiger partial charge in [-0.05, 0) is 30.9 Å². The van der Waals surface area contributed by atoms with Crippen LogP contribution in [0.5, 0.6) is 0 Å². The van der Waals surface area contributed by atoms with Crippen LogP contribution in [0.1, 0.15) is 11.1 Å². The molecule has 0 heterocycles. The summed E-state index contributed by atoms with van der Waals surface area (Å²) < 4.78 is 0.881. The second-order valence-electron chi connectivity index (χ2n) is 4.82. The number of hydrogen-bond acceptors (Lipinski definition) is 4. The van der Waals surface area contributed by atoms with Crippen LogP contribution in [0.15, 0.2) is 75.5 Å². The van der Waals surface area contributed by atoms with Crippen LogP contribution in [0.3, 0.4) is 0 Å². The van der Waals surface area contributed by atoms with E-state index in [0.717, 1.165) is 20.3 Å². The summed E-state index contributed by atoms with van der Waals surface area (Å²) in [7, 11) is 0. The summed E-state index contributed by atoms with van der Waals surface area (Å²) in [6.07, 6.45) is 5.15. The first-order valence-corrected chi connectivity index (χ1v) is 9.04. The number of aryl methyl sites for hydroxylation is 1. The summed E-state index contributed by atoms with van der Waals surface area (Å²) >= 11 is 3.03. The molecule has 0 N–H and O–H groups in total. The van der Waals surface area contributed by atoms with Crippen LogP contribution in [-0.2, 0) is 0 Å². The van der Waals surface area contributed by atoms with Gasteiger partial charge in [0.05, 0.1) is 9.16 Å². The van der Waals surface area contributed by atoms with E-state index in [2.05, 4.69) is 0 Å². The normalized spacial score (nSPS) is 12.3. The van der Waals surface area contributed by atoms with Crippen molar-refractivity contribution in [3.8, 4) is 0 Å². The predicted octanol–water partition coefficient (Wildman–Crippen LogP) is 5.61. The van der Waals surface area contributed by atoms with Crippen molar-refractivity contribution in [2.75, 3.05) is 6.26 Å². The van der Waals surface area contributed by atoms with Crippen molar-refractivity contribution in [3.63, 3.8) is 0 Å². The zero-order valence-electron chi connectivity index (χ0n) is 12.9. The zero-order valence-corrected chi connectivity index (χ0v) is 14.6. The molecule has 118 valence electrons. The fourth-order valence-corrected chi connectivity index (χ4v) is 3.40. The minimum absolute atomic E-state index is 0.0848. The van der Waals surface area contributed by atoms with E-state index in [9.17, 15) is 10.1 Å². The highest BCUT2D eigenvalue weighted by atomic mass is 32.2. The highest BCUT2D eigenvalue weighted by Gasteiger charge is 2.10. The van der Waals surface area contributed by atoms with Gasteiger partial charge in [-0.25, -0.2) is 0 Å². The Bertz CT molecular complexity index is 722. The lowest BCUT2D eigenvalue weighted by atomic mass is 10.1. The van der Waals surface area contributed by atoms with Crippen molar-refractivity contribution in [1.82, 2.24) is 0 Å². The third kappa shape index (κ3) is 5.62. The van der Waals surface area contributed by atoms with Crippen LogP contribution < -0.4 is 0 Å². The molecule has 2 aromatic rings. The van der Waals surface area contributed by atoms with Crippen molar-refractivity contribution >= 4 is 29.6 Å². The lowest BCUT2D eigenvalue weighted by Gasteiger charge is -2.03. The third-order valence-electron chi connectivity index (χ3n) is 3.03. The summed E-state index contributed by atoms with van der Waals surface area (Å²) in [5, 5.41) is 11.3. The Balaban J connectivity index is 2.28. The minimum atomic E-state index is -0.346. The average molecular weight is 343 g/mol. The fourth-order valence-electron chi connectivity index (χ4n) is 1.84. The topological polar surface area (TPSA) is 43.1 Å². The Hall–Kier alpha value is -1.98. The van der Waals surface area contributed by atoms with Gasteiger partial charge in [0, 0.05) is 17.0 Å². The Morgan fingerprint density at radius 2 is 1.74 bits per heavy atom. The maximum atomic E-state index is 11.3. The number of allylic oxidation sites excluding steroid dienone is 1. The SMILES string of the molecule is CS/C(=C\C(=C/c1ccc(C)cc1)[N+](=O)[O-])Sc1ccccc1. The van der Waals surface area contributed by atoms with Crippen LogP contribution in [0, 0.1) is 17.0 Å². The van der Waals surface area contributed by atoms with Crippen LogP contribution >= 0.6 is 23.5 Å². The molecule has 3 nitrogen and oxygen atoms in total. The van der Waals surface area contributed by atoms with Gasteiger partial charge in [-0.1, -0.05) is 59.8 Å². The van der Waals surface area contributed by atoms with Crippen molar-refractivity contribution in [2.24, 2.45) is 0 Å². The van der Waals surface area contributed by atoms with E-state index in [1.807, 2.05) is 67.8 Å². The number of hydrogen-bond donors (Lipinski definition) is 0. The molecule has 0 aromatic heterocycles. The lowest BCUT2D eigenvalue weighted by molar-refractivity contribution is -0.417. The second-order valence-corrected chi connectivity index (χ2v) is 7.04. The monoisotopic (exact) mass is 343 g/mol. The van der Waals surface area contributed by atoms with Gasteiger partial charge in [0.1, 0.15) is 0 Å². The zero-order chi connectivity index (χ0) is 16.7. The van der Waals surface area contributed by atoms with Gasteiger partial charge in [0.15, 0.2) is 0 Å². The third-order valence-corrected chi connectivity index (χ3v) is 5.13. The van der Waals surface area contributed by atoms with Crippen molar-refractivity contribution in [2.45, 2.75) is 11.8 Å². The van der Waals surface area contributed by atoms with E-state index in [4.69, 9.17) is 0 Å². The number of benzene rings is 2. The Kier molecular flexibility index (Phi) is 6.50. The molecule has 0 atom stereocenters. The Morgan fingerprint density at radius 3 is 2.30 bits per heavy atom. The largest absolute Gasteiger partial charge is 0.271 e. The molecular weight excluding hydrogens is 326 g/mol. The Morgan fingerprint density at radius 1 is 1.09 bits per heavy atom. The van der Waals surface area contributed by atoms with Crippen LogP contribution in [0.2, 0.25) is 0 Å². The molecule has 0 aliphatic carbocycles. The lowest BCUT2D eigenvalue weighted by Crippen LogP contribution is -1.96. The van der Waals surface area contributed by atoms with Gasteiger partial charge in [-0.15, -0.1) is 11.8 Å². The van der Waals surface area contributed by atoms with Crippen LogP contribution in [-0.4, -0.2) is 11.2 Å². The van der Waals surface area contributed by atoms with Crippen LogP contribution in [0.25, 0.3) is 6.08 Å². The van der Waals surface area contributed by atoms with E-state index < -0.39 is 0 Å². The maximum Gasteiger partial charge on any atom is 0.271 e. The summed E-state index contributed by atoms with van der Waals surface area (Å²) in [6.45, 7) is 1.99. The number of rotatable bonds is 6. The minimum Gasteiger partial charge on any atom is -0.258 e. The second kappa shape index (κ2) is 8.60. The fraction of sp³-hybridized carbons (Fsp3) is 0.111. The molecular formula is C18H17NO2S2. The quantitative estimate of drug-likeness (QED) is 0.296. The average Bonchev–Trinajstić information content (AvgIpc) is 2.56. The van der Waals surface area contributed by atoms with Gasteiger partial charge in [0.25, 0.3) is 5.70 Å². The molecule has 0 bridgehead atoms. The van der Waals surface area contributed by atoms with Gasteiger partial charge in [0.2, 0.25) is 0 Å². The molecule has 2 aromatic carbocycles. The highest BCUT2D eigenvalue weighted by molar-refractivity contribution is 8.22. The molecule has 5 heteroatoms. The molecule has 0 spiro atoms. The molecule has 0 fully saturated rings. The van der Waals surface area contributed by atoms with E-state index in [1.165, 1.54) is 23.5 Å². The van der Waals surface area contributed by atoms with Crippen molar-refractivity contribution in [3.05, 3.63) is 91.8 Å². The molecule has 23 heavy (non-hydrogen) atoms. The first-order chi connectivity index (χ1) is 11.1. The summed E-state index contributed by atoms with van der Waals surface area (Å²) in [5.41, 5.74) is 2.04. The van der Waals surface area contributed by atoms with E-state index in [-0.39, 0.29) is 10.6 Å².